The van der Waals surface area contributed by atoms with E-state index in [-0.39, 0.29) is 29.2 Å². The van der Waals surface area contributed by atoms with E-state index in [0.29, 0.717) is 6.42 Å². The summed E-state index contributed by atoms with van der Waals surface area (Å²) in [6, 6.07) is 8.44. The summed E-state index contributed by atoms with van der Waals surface area (Å²) >= 11 is 0. The van der Waals surface area contributed by atoms with E-state index >= 15 is 0 Å². The van der Waals surface area contributed by atoms with Crippen LogP contribution in [0.3, 0.4) is 0 Å². The fourth-order valence-electron chi connectivity index (χ4n) is 5.11. The van der Waals surface area contributed by atoms with Crippen LogP contribution in [0.5, 0.6) is 0 Å². The third kappa shape index (κ3) is 4.01. The van der Waals surface area contributed by atoms with Crippen molar-refractivity contribution in [2.24, 2.45) is 10.9 Å². The number of benzene rings is 1. The standard InChI is InChI=1S/C26H33NO3/c1-16-22(25(29)30-19-8-5-6-9-19)23(24-20(27-16)10-7-11-21(24)28)17-12-14-18(15-13-17)26(2,3)4/h12-15,19,22-23H,5-11H2,1-4H3/t22?,23-/m1/s1. The maximum Gasteiger partial charge on any atom is 0.315 e. The van der Waals surface area contributed by atoms with Gasteiger partial charge in [0.15, 0.2) is 5.78 Å². The largest absolute Gasteiger partial charge is 0.462 e. The second-order valence-corrected chi connectivity index (χ2v) is 10.1. The van der Waals surface area contributed by atoms with Crippen molar-refractivity contribution in [2.45, 2.75) is 90.1 Å². The van der Waals surface area contributed by atoms with Gasteiger partial charge in [-0.05, 0) is 62.0 Å². The molecule has 1 fully saturated rings. The molecule has 0 saturated heterocycles. The van der Waals surface area contributed by atoms with E-state index < -0.39 is 5.92 Å². The highest BCUT2D eigenvalue weighted by Gasteiger charge is 2.43. The summed E-state index contributed by atoms with van der Waals surface area (Å²) in [5.74, 6) is -0.908. The molecular formula is C26H33NO3. The zero-order valence-electron chi connectivity index (χ0n) is 18.7. The first-order valence-corrected chi connectivity index (χ1v) is 11.4. The topological polar surface area (TPSA) is 55.7 Å². The lowest BCUT2D eigenvalue weighted by Gasteiger charge is -2.35. The van der Waals surface area contributed by atoms with E-state index in [1.165, 1.54) is 5.56 Å². The first kappa shape index (κ1) is 21.0. The molecule has 4 rings (SSSR count). The van der Waals surface area contributed by atoms with Gasteiger partial charge in [0.2, 0.25) is 0 Å². The lowest BCUT2D eigenvalue weighted by atomic mass is 9.71. The molecule has 4 heteroatoms. The van der Waals surface area contributed by atoms with E-state index in [2.05, 4.69) is 45.0 Å². The SMILES string of the molecule is CC1=NC2=C(C(=O)CCC2)[C@H](c2ccc(C(C)(C)C)cc2)C1C(=O)OC1CCCC1. The summed E-state index contributed by atoms with van der Waals surface area (Å²) in [7, 11) is 0. The number of rotatable bonds is 3. The summed E-state index contributed by atoms with van der Waals surface area (Å²) < 4.78 is 5.91. The minimum absolute atomic E-state index is 0.00616. The van der Waals surface area contributed by atoms with Crippen molar-refractivity contribution in [2.75, 3.05) is 0 Å². The Morgan fingerprint density at radius 3 is 2.33 bits per heavy atom. The molecule has 0 amide bonds. The second-order valence-electron chi connectivity index (χ2n) is 10.1. The molecule has 0 N–H and O–H groups in total. The van der Waals surface area contributed by atoms with Gasteiger partial charge in [0, 0.05) is 29.3 Å². The van der Waals surface area contributed by atoms with Crippen molar-refractivity contribution in [3.63, 3.8) is 0 Å². The number of nitrogens with zero attached hydrogens (tertiary/aromatic N) is 1. The Balaban J connectivity index is 1.74. The highest BCUT2D eigenvalue weighted by Crippen LogP contribution is 2.44. The number of ketones is 1. The predicted molar refractivity (Wildman–Crippen MR) is 119 cm³/mol. The van der Waals surface area contributed by atoms with E-state index in [1.54, 1.807) is 0 Å². The van der Waals surface area contributed by atoms with E-state index in [0.717, 1.165) is 61.1 Å². The molecule has 0 spiro atoms. The van der Waals surface area contributed by atoms with Crippen LogP contribution < -0.4 is 0 Å². The van der Waals surface area contributed by atoms with Gasteiger partial charge in [0.05, 0.1) is 0 Å². The number of allylic oxidation sites excluding steroid dienone is 2. The number of ether oxygens (including phenoxy) is 1. The molecule has 2 aliphatic carbocycles. The lowest BCUT2D eigenvalue weighted by Crippen LogP contribution is -2.38. The Kier molecular flexibility index (Phi) is 5.69. The quantitative estimate of drug-likeness (QED) is 0.608. The van der Waals surface area contributed by atoms with Crippen molar-refractivity contribution in [3.8, 4) is 0 Å². The monoisotopic (exact) mass is 407 g/mol. The molecule has 2 atom stereocenters. The maximum atomic E-state index is 13.3. The normalized spacial score (nSPS) is 25.2. The summed E-state index contributed by atoms with van der Waals surface area (Å²) in [6.07, 6.45) is 6.28. The average Bonchev–Trinajstić information content (AvgIpc) is 3.19. The molecule has 0 aromatic heterocycles. The fraction of sp³-hybridized carbons (Fsp3) is 0.577. The van der Waals surface area contributed by atoms with E-state index in [4.69, 9.17) is 9.73 Å². The van der Waals surface area contributed by atoms with Gasteiger partial charge < -0.3 is 4.74 Å². The van der Waals surface area contributed by atoms with Crippen molar-refractivity contribution >= 4 is 17.5 Å². The van der Waals surface area contributed by atoms with Crippen LogP contribution in [0.15, 0.2) is 40.5 Å². The summed E-state index contributed by atoms with van der Waals surface area (Å²) in [4.78, 5) is 31.0. The highest BCUT2D eigenvalue weighted by atomic mass is 16.5. The Morgan fingerprint density at radius 2 is 1.70 bits per heavy atom. The van der Waals surface area contributed by atoms with Gasteiger partial charge in [0.25, 0.3) is 0 Å². The zero-order valence-corrected chi connectivity index (χ0v) is 18.7. The van der Waals surface area contributed by atoms with Crippen LogP contribution in [-0.4, -0.2) is 23.6 Å². The van der Waals surface area contributed by atoms with Gasteiger partial charge in [-0.15, -0.1) is 0 Å². The van der Waals surface area contributed by atoms with Crippen molar-refractivity contribution in [1.82, 2.24) is 0 Å². The average molecular weight is 408 g/mol. The van der Waals surface area contributed by atoms with Crippen LogP contribution >= 0.6 is 0 Å². The Morgan fingerprint density at radius 1 is 1.03 bits per heavy atom. The van der Waals surface area contributed by atoms with Gasteiger partial charge in [-0.3, -0.25) is 14.6 Å². The second kappa shape index (κ2) is 8.13. The molecule has 0 radical (unpaired) electrons. The number of carbonyl (C=O) groups excluding carboxylic acids is 2. The van der Waals surface area contributed by atoms with Gasteiger partial charge in [0.1, 0.15) is 12.0 Å². The van der Waals surface area contributed by atoms with Crippen molar-refractivity contribution in [3.05, 3.63) is 46.7 Å². The van der Waals surface area contributed by atoms with Crippen LogP contribution in [0.25, 0.3) is 0 Å². The first-order valence-electron chi connectivity index (χ1n) is 11.4. The molecule has 1 aromatic carbocycles. The summed E-state index contributed by atoms with van der Waals surface area (Å²) in [5, 5.41) is 0. The third-order valence-electron chi connectivity index (χ3n) is 6.81. The molecule has 30 heavy (non-hydrogen) atoms. The summed E-state index contributed by atoms with van der Waals surface area (Å²) in [6.45, 7) is 8.48. The maximum absolute atomic E-state index is 13.3. The Labute approximate surface area is 179 Å². The summed E-state index contributed by atoms with van der Waals surface area (Å²) in [5.41, 5.74) is 4.68. The molecule has 1 aromatic rings. The van der Waals surface area contributed by atoms with E-state index in [9.17, 15) is 9.59 Å². The minimum atomic E-state index is -0.521. The number of hydrogen-bond donors (Lipinski definition) is 0. The van der Waals surface area contributed by atoms with Crippen molar-refractivity contribution < 1.29 is 14.3 Å². The van der Waals surface area contributed by atoms with E-state index in [1.807, 2.05) is 6.92 Å². The van der Waals surface area contributed by atoms with Gasteiger partial charge in [-0.25, -0.2) is 0 Å². The highest BCUT2D eigenvalue weighted by molar-refractivity contribution is 6.08. The number of Topliss-reactive ketones (excluding diaryl/α,β-unsaturated/α-hetero) is 1. The molecule has 1 saturated carbocycles. The van der Waals surface area contributed by atoms with Crippen LogP contribution in [0.1, 0.15) is 89.7 Å². The molecule has 0 bridgehead atoms. The van der Waals surface area contributed by atoms with Crippen LogP contribution in [-0.2, 0) is 19.7 Å². The molecule has 1 unspecified atom stereocenters. The molecule has 160 valence electrons. The van der Waals surface area contributed by atoms with Gasteiger partial charge in [-0.1, -0.05) is 45.0 Å². The number of carbonyl (C=O) groups is 2. The van der Waals surface area contributed by atoms with Gasteiger partial charge >= 0.3 is 5.97 Å². The van der Waals surface area contributed by atoms with Crippen molar-refractivity contribution in [1.29, 1.82) is 0 Å². The smallest absolute Gasteiger partial charge is 0.315 e. The Bertz CT molecular complexity index is 895. The molecule has 1 heterocycles. The third-order valence-corrected chi connectivity index (χ3v) is 6.81. The lowest BCUT2D eigenvalue weighted by molar-refractivity contribution is -0.151. The molecule has 3 aliphatic rings. The van der Waals surface area contributed by atoms with Crippen LogP contribution in [0.2, 0.25) is 0 Å². The minimum Gasteiger partial charge on any atom is -0.462 e. The molecule has 4 nitrogen and oxygen atoms in total. The number of aliphatic imine (C=N–C) groups is 1. The zero-order chi connectivity index (χ0) is 21.5. The molecular weight excluding hydrogens is 374 g/mol. The van der Waals surface area contributed by atoms with Crippen LogP contribution in [0, 0.1) is 5.92 Å². The van der Waals surface area contributed by atoms with Crippen LogP contribution in [0.4, 0.5) is 0 Å². The van der Waals surface area contributed by atoms with Gasteiger partial charge in [-0.2, -0.15) is 0 Å². The molecule has 1 aliphatic heterocycles. The predicted octanol–water partition coefficient (Wildman–Crippen LogP) is 5.65. The number of esters is 1. The Hall–Kier alpha value is -2.23. The fourth-order valence-corrected chi connectivity index (χ4v) is 5.11. The number of hydrogen-bond acceptors (Lipinski definition) is 4. The first-order chi connectivity index (χ1) is 14.3.